The van der Waals surface area contributed by atoms with Gasteiger partial charge in [-0.05, 0) is 24.6 Å². The lowest BCUT2D eigenvalue weighted by Crippen LogP contribution is -2.46. The number of nitrogens with zero attached hydrogens (tertiary/aromatic N) is 4. The summed E-state index contributed by atoms with van der Waals surface area (Å²) in [5, 5.41) is 8.52. The fraction of sp³-hybridized carbons (Fsp3) is 0.421. The minimum absolute atomic E-state index is 0.0636. The molecule has 0 fully saturated rings. The maximum atomic E-state index is 13.4. The number of amides is 3. The molecule has 4 rings (SSSR count). The zero-order valence-electron chi connectivity index (χ0n) is 16.1. The summed E-state index contributed by atoms with van der Waals surface area (Å²) in [6.45, 7) is 3.07. The van der Waals surface area contributed by atoms with Crippen molar-refractivity contribution in [1.82, 2.24) is 19.7 Å². The Bertz CT molecular complexity index is 979. The summed E-state index contributed by atoms with van der Waals surface area (Å²) in [6.07, 6.45) is 1.29. The highest BCUT2D eigenvalue weighted by Gasteiger charge is 2.36. The third kappa shape index (κ3) is 3.56. The molecule has 0 spiro atoms. The van der Waals surface area contributed by atoms with E-state index in [9.17, 15) is 14.0 Å². The Morgan fingerprint density at radius 3 is 2.97 bits per heavy atom. The molecule has 154 valence electrons. The van der Waals surface area contributed by atoms with E-state index in [0.29, 0.717) is 31.0 Å². The number of hydroxylamine groups is 2. The molecule has 29 heavy (non-hydrogen) atoms. The normalized spacial score (nSPS) is 18.9. The number of rotatable bonds is 2. The molecule has 2 aromatic rings. The molecule has 10 heteroatoms. The van der Waals surface area contributed by atoms with Gasteiger partial charge in [-0.1, -0.05) is 18.5 Å². The third-order valence-corrected chi connectivity index (χ3v) is 5.60. The summed E-state index contributed by atoms with van der Waals surface area (Å²) in [6, 6.07) is 3.62. The fourth-order valence-electron chi connectivity index (χ4n) is 3.76. The van der Waals surface area contributed by atoms with Crippen molar-refractivity contribution in [1.29, 1.82) is 0 Å². The predicted octanol–water partition coefficient (Wildman–Crippen LogP) is 3.06. The molecule has 0 saturated carbocycles. The highest BCUT2D eigenvalue weighted by atomic mass is 35.5. The summed E-state index contributed by atoms with van der Waals surface area (Å²) < 4.78 is 15.1. The maximum Gasteiger partial charge on any atom is 0.322 e. The average molecular weight is 422 g/mol. The summed E-state index contributed by atoms with van der Waals surface area (Å²) in [4.78, 5) is 32.7. The van der Waals surface area contributed by atoms with Crippen molar-refractivity contribution >= 4 is 29.2 Å². The predicted molar refractivity (Wildman–Crippen MR) is 104 cm³/mol. The summed E-state index contributed by atoms with van der Waals surface area (Å²) >= 11 is 5.81. The Morgan fingerprint density at radius 1 is 1.45 bits per heavy atom. The third-order valence-electron chi connectivity index (χ3n) is 5.31. The van der Waals surface area contributed by atoms with Crippen LogP contribution in [0.1, 0.15) is 35.1 Å². The van der Waals surface area contributed by atoms with Gasteiger partial charge in [-0.2, -0.15) is 5.10 Å². The second-order valence-electron chi connectivity index (χ2n) is 7.09. The van der Waals surface area contributed by atoms with Crippen LogP contribution < -0.4 is 5.32 Å². The minimum atomic E-state index is -0.550. The molecule has 2 aliphatic heterocycles. The molecule has 2 aliphatic rings. The SMILES string of the molecule is CCC1Cc2nn3c(c2CN1C(=O)Nc1ccc(F)c(Cl)c1)C(=O)N(C)OCC3. The van der Waals surface area contributed by atoms with Gasteiger partial charge in [-0.15, -0.1) is 0 Å². The van der Waals surface area contributed by atoms with Crippen molar-refractivity contribution in [2.45, 2.75) is 38.9 Å². The van der Waals surface area contributed by atoms with Crippen LogP contribution in [0.15, 0.2) is 18.2 Å². The van der Waals surface area contributed by atoms with E-state index in [2.05, 4.69) is 10.4 Å². The second kappa shape index (κ2) is 7.64. The number of benzene rings is 1. The highest BCUT2D eigenvalue weighted by molar-refractivity contribution is 6.31. The lowest BCUT2D eigenvalue weighted by molar-refractivity contribution is -0.103. The van der Waals surface area contributed by atoms with Crippen molar-refractivity contribution in [2.24, 2.45) is 0 Å². The van der Waals surface area contributed by atoms with Gasteiger partial charge in [0.05, 0.1) is 30.4 Å². The van der Waals surface area contributed by atoms with E-state index in [1.165, 1.54) is 23.3 Å². The van der Waals surface area contributed by atoms with Crippen LogP contribution in [0.4, 0.5) is 14.9 Å². The van der Waals surface area contributed by atoms with Crippen molar-refractivity contribution in [3.05, 3.63) is 46.0 Å². The van der Waals surface area contributed by atoms with Gasteiger partial charge in [-0.25, -0.2) is 14.2 Å². The van der Waals surface area contributed by atoms with Crippen molar-refractivity contribution < 1.29 is 18.8 Å². The molecule has 1 atom stereocenters. The zero-order chi connectivity index (χ0) is 20.7. The number of nitrogens with one attached hydrogen (secondary N) is 1. The quantitative estimate of drug-likeness (QED) is 0.808. The number of fused-ring (bicyclic) bond motifs is 3. The molecule has 1 unspecified atom stereocenters. The maximum absolute atomic E-state index is 13.4. The number of aromatic nitrogens is 2. The number of urea groups is 1. The Kier molecular flexibility index (Phi) is 5.18. The standard InChI is InChI=1S/C19H21ClFN5O3/c1-3-12-9-16-13(17-18(27)24(2)29-7-6-26(17)23-16)10-25(12)19(28)22-11-4-5-15(21)14(20)8-11/h4-5,8,12H,3,6-7,9-10H2,1-2H3,(H,22,28). The molecule has 3 heterocycles. The van der Waals surface area contributed by atoms with Crippen LogP contribution in [0, 0.1) is 5.82 Å². The number of anilines is 1. The topological polar surface area (TPSA) is 79.7 Å². The molecule has 3 amide bonds. The highest BCUT2D eigenvalue weighted by Crippen LogP contribution is 2.30. The van der Waals surface area contributed by atoms with Crippen LogP contribution in [-0.4, -0.2) is 51.4 Å². The van der Waals surface area contributed by atoms with Crippen LogP contribution >= 0.6 is 11.6 Å². The Morgan fingerprint density at radius 2 is 2.24 bits per heavy atom. The number of halogens is 2. The van der Waals surface area contributed by atoms with Crippen LogP contribution in [0.5, 0.6) is 0 Å². The van der Waals surface area contributed by atoms with Crippen molar-refractivity contribution in [3.8, 4) is 0 Å². The lowest BCUT2D eigenvalue weighted by Gasteiger charge is -2.35. The van der Waals surface area contributed by atoms with E-state index >= 15 is 0 Å². The first-order valence-corrected chi connectivity index (χ1v) is 9.79. The van der Waals surface area contributed by atoms with E-state index in [1.54, 1.807) is 16.6 Å². The van der Waals surface area contributed by atoms with Crippen molar-refractivity contribution in [2.75, 3.05) is 19.0 Å². The van der Waals surface area contributed by atoms with E-state index in [-0.39, 0.29) is 29.5 Å². The van der Waals surface area contributed by atoms with Gasteiger partial charge in [0.2, 0.25) is 0 Å². The molecular weight excluding hydrogens is 401 g/mol. The molecule has 0 saturated heterocycles. The Balaban J connectivity index is 1.63. The number of carbonyl (C=O) groups is 2. The molecule has 0 aliphatic carbocycles. The fourth-order valence-corrected chi connectivity index (χ4v) is 3.94. The first-order valence-electron chi connectivity index (χ1n) is 9.41. The molecular formula is C19H21ClFN5O3. The van der Waals surface area contributed by atoms with Crippen LogP contribution in [-0.2, 0) is 24.3 Å². The molecule has 8 nitrogen and oxygen atoms in total. The molecule has 0 bridgehead atoms. The lowest BCUT2D eigenvalue weighted by atomic mass is 9.97. The van der Waals surface area contributed by atoms with Gasteiger partial charge in [-0.3, -0.25) is 14.3 Å². The zero-order valence-corrected chi connectivity index (χ0v) is 16.9. The molecule has 1 N–H and O–H groups in total. The minimum Gasteiger partial charge on any atom is -0.317 e. The van der Waals surface area contributed by atoms with Gasteiger partial charge in [0.1, 0.15) is 11.5 Å². The Labute approximate surface area is 172 Å². The van der Waals surface area contributed by atoms with Gasteiger partial charge in [0.25, 0.3) is 5.91 Å². The van der Waals surface area contributed by atoms with Gasteiger partial charge in [0.15, 0.2) is 0 Å². The molecule has 1 aromatic heterocycles. The van der Waals surface area contributed by atoms with Gasteiger partial charge in [0, 0.05) is 30.8 Å². The first kappa shape index (κ1) is 19.7. The summed E-state index contributed by atoms with van der Waals surface area (Å²) in [5.74, 6) is -0.831. The molecule has 0 radical (unpaired) electrons. The van der Waals surface area contributed by atoms with Crippen LogP contribution in [0.2, 0.25) is 5.02 Å². The van der Waals surface area contributed by atoms with Crippen LogP contribution in [0.3, 0.4) is 0 Å². The largest absolute Gasteiger partial charge is 0.322 e. The summed E-state index contributed by atoms with van der Waals surface area (Å²) in [7, 11) is 1.57. The van der Waals surface area contributed by atoms with Crippen LogP contribution in [0.25, 0.3) is 0 Å². The van der Waals surface area contributed by atoms with E-state index in [0.717, 1.165) is 17.7 Å². The number of carbonyl (C=O) groups excluding carboxylic acids is 2. The average Bonchev–Trinajstić information content (AvgIpc) is 2.99. The Hall–Kier alpha value is -2.65. The van der Waals surface area contributed by atoms with Gasteiger partial charge < -0.3 is 10.2 Å². The monoisotopic (exact) mass is 421 g/mol. The van der Waals surface area contributed by atoms with Gasteiger partial charge >= 0.3 is 6.03 Å². The number of hydrogen-bond acceptors (Lipinski definition) is 4. The van der Waals surface area contributed by atoms with Crippen molar-refractivity contribution in [3.63, 3.8) is 0 Å². The van der Waals surface area contributed by atoms with E-state index < -0.39 is 5.82 Å². The smallest absolute Gasteiger partial charge is 0.317 e. The van der Waals surface area contributed by atoms with E-state index in [1.807, 2.05) is 6.92 Å². The van der Waals surface area contributed by atoms with E-state index in [4.69, 9.17) is 16.4 Å². The molecule has 1 aromatic carbocycles. The second-order valence-corrected chi connectivity index (χ2v) is 7.49. The number of hydrogen-bond donors (Lipinski definition) is 1. The first-order chi connectivity index (χ1) is 13.9. The summed E-state index contributed by atoms with van der Waals surface area (Å²) in [5.41, 5.74) is 2.44.